The fourth-order valence-electron chi connectivity index (χ4n) is 5.12. The van der Waals surface area contributed by atoms with Crippen LogP contribution in [0.2, 0.25) is 0 Å². The van der Waals surface area contributed by atoms with Crippen LogP contribution in [-0.4, -0.2) is 35.1 Å². The molecule has 0 atom stereocenters. The summed E-state index contributed by atoms with van der Waals surface area (Å²) in [4.78, 5) is 4.78. The highest BCUT2D eigenvalue weighted by Gasteiger charge is 2.26. The number of hydrogen-bond donors (Lipinski definition) is 1. The Morgan fingerprint density at radius 1 is 1.09 bits per heavy atom. The van der Waals surface area contributed by atoms with Crippen LogP contribution in [0.15, 0.2) is 49.2 Å². The lowest BCUT2D eigenvalue weighted by Gasteiger charge is -2.25. The lowest BCUT2D eigenvalue weighted by Crippen LogP contribution is -2.26. The highest BCUT2D eigenvalue weighted by Crippen LogP contribution is 2.39. The number of hydrogen-bond acceptors (Lipinski definition) is 5. The first-order chi connectivity index (χ1) is 16.3. The summed E-state index contributed by atoms with van der Waals surface area (Å²) in [6.45, 7) is 6.12. The minimum absolute atomic E-state index is 0.170. The first kappa shape index (κ1) is 22.3. The molecule has 0 spiro atoms. The van der Waals surface area contributed by atoms with Crippen molar-refractivity contribution >= 4 is 5.52 Å². The SMILES string of the molecule is Cc1cc(-c2cnn3ccnc([C@H]4CC[C@@H](C#N)CC4)c23)ccc1-c1cnn(CC(C)(C)O)c1. The van der Waals surface area contributed by atoms with Gasteiger partial charge in [-0.25, -0.2) is 4.52 Å². The minimum atomic E-state index is -0.814. The Balaban J connectivity index is 1.48. The minimum Gasteiger partial charge on any atom is -0.389 e. The third-order valence-electron chi connectivity index (χ3n) is 6.79. The molecule has 0 radical (unpaired) electrons. The van der Waals surface area contributed by atoms with Gasteiger partial charge in [-0.05, 0) is 63.1 Å². The molecule has 0 bridgehead atoms. The van der Waals surface area contributed by atoms with E-state index in [4.69, 9.17) is 4.98 Å². The van der Waals surface area contributed by atoms with E-state index in [1.54, 1.807) is 18.5 Å². The normalized spacial score (nSPS) is 18.8. The zero-order valence-corrected chi connectivity index (χ0v) is 19.9. The van der Waals surface area contributed by atoms with Crippen molar-refractivity contribution in [3.8, 4) is 28.3 Å². The van der Waals surface area contributed by atoms with Crippen LogP contribution in [0.1, 0.15) is 56.7 Å². The van der Waals surface area contributed by atoms with Crippen molar-refractivity contribution < 1.29 is 5.11 Å². The molecule has 34 heavy (non-hydrogen) atoms. The molecule has 7 heteroatoms. The predicted molar refractivity (Wildman–Crippen MR) is 131 cm³/mol. The van der Waals surface area contributed by atoms with Crippen LogP contribution < -0.4 is 0 Å². The average molecular weight is 455 g/mol. The van der Waals surface area contributed by atoms with E-state index in [9.17, 15) is 10.4 Å². The smallest absolute Gasteiger partial charge is 0.0958 e. The van der Waals surface area contributed by atoms with Crippen LogP contribution in [0.3, 0.4) is 0 Å². The third kappa shape index (κ3) is 4.34. The molecule has 1 aliphatic rings. The molecule has 0 unspecified atom stereocenters. The van der Waals surface area contributed by atoms with Crippen LogP contribution in [0, 0.1) is 24.2 Å². The van der Waals surface area contributed by atoms with Gasteiger partial charge in [0, 0.05) is 41.6 Å². The molecule has 1 aliphatic carbocycles. The molecule has 1 fully saturated rings. The second kappa shape index (κ2) is 8.69. The van der Waals surface area contributed by atoms with Crippen LogP contribution in [0.4, 0.5) is 0 Å². The van der Waals surface area contributed by atoms with Crippen LogP contribution >= 0.6 is 0 Å². The van der Waals surface area contributed by atoms with Crippen molar-refractivity contribution in [1.82, 2.24) is 24.4 Å². The lowest BCUT2D eigenvalue weighted by molar-refractivity contribution is 0.0577. The molecule has 1 N–H and O–H groups in total. The summed E-state index contributed by atoms with van der Waals surface area (Å²) < 4.78 is 3.71. The average Bonchev–Trinajstić information content (AvgIpc) is 3.45. The van der Waals surface area contributed by atoms with Crippen molar-refractivity contribution in [2.75, 3.05) is 0 Å². The van der Waals surface area contributed by atoms with E-state index in [-0.39, 0.29) is 5.92 Å². The van der Waals surface area contributed by atoms with Gasteiger partial charge < -0.3 is 5.11 Å². The molecule has 1 saturated carbocycles. The van der Waals surface area contributed by atoms with E-state index in [1.807, 2.05) is 35.5 Å². The number of nitriles is 1. The van der Waals surface area contributed by atoms with Gasteiger partial charge >= 0.3 is 0 Å². The molecule has 0 saturated heterocycles. The fraction of sp³-hybridized carbons (Fsp3) is 0.407. The summed E-state index contributed by atoms with van der Waals surface area (Å²) in [5.74, 6) is 0.522. The monoisotopic (exact) mass is 454 g/mol. The maximum Gasteiger partial charge on any atom is 0.0958 e. The Morgan fingerprint density at radius 2 is 1.88 bits per heavy atom. The van der Waals surface area contributed by atoms with E-state index in [0.29, 0.717) is 12.5 Å². The van der Waals surface area contributed by atoms with Gasteiger partial charge in [0.25, 0.3) is 0 Å². The summed E-state index contributed by atoms with van der Waals surface area (Å²) in [6, 6.07) is 8.89. The third-order valence-corrected chi connectivity index (χ3v) is 6.79. The summed E-state index contributed by atoms with van der Waals surface area (Å²) in [7, 11) is 0. The summed E-state index contributed by atoms with van der Waals surface area (Å²) in [6.07, 6.45) is 13.3. The Kier molecular flexibility index (Phi) is 5.70. The lowest BCUT2D eigenvalue weighted by atomic mass is 9.80. The fourth-order valence-corrected chi connectivity index (χ4v) is 5.12. The number of benzene rings is 1. The topological polar surface area (TPSA) is 92.0 Å². The van der Waals surface area contributed by atoms with E-state index < -0.39 is 5.60 Å². The van der Waals surface area contributed by atoms with Gasteiger partial charge in [-0.1, -0.05) is 18.2 Å². The van der Waals surface area contributed by atoms with Crippen molar-refractivity contribution in [2.45, 2.75) is 64.5 Å². The van der Waals surface area contributed by atoms with E-state index >= 15 is 0 Å². The molecular formula is C27H30N6O. The number of fused-ring (bicyclic) bond motifs is 1. The quantitative estimate of drug-likeness (QED) is 0.451. The standard InChI is InChI=1S/C27H30N6O/c1-18-12-21(8-9-23(18)22-14-30-32(16-22)17-27(2,3)34)24-15-31-33-11-10-29-25(26(24)33)20-6-4-19(13-28)5-7-20/h8-12,14-16,19-20,34H,4-7,17H2,1-3H3/t19-,20+. The zero-order chi connectivity index (χ0) is 23.9. The largest absolute Gasteiger partial charge is 0.389 e. The van der Waals surface area contributed by atoms with Crippen molar-refractivity contribution in [2.24, 2.45) is 5.92 Å². The number of aryl methyl sites for hydroxylation is 1. The van der Waals surface area contributed by atoms with Crippen molar-refractivity contribution in [3.05, 3.63) is 60.4 Å². The Bertz CT molecular complexity index is 1360. The Labute approximate surface area is 199 Å². The molecule has 1 aromatic carbocycles. The second-order valence-electron chi connectivity index (χ2n) is 10.1. The summed E-state index contributed by atoms with van der Waals surface area (Å²) in [5.41, 5.74) is 6.83. The predicted octanol–water partition coefficient (Wildman–Crippen LogP) is 5.14. The number of aliphatic hydroxyl groups is 1. The van der Waals surface area contributed by atoms with Gasteiger partial charge in [0.05, 0.1) is 41.8 Å². The van der Waals surface area contributed by atoms with E-state index in [1.165, 1.54) is 0 Å². The Morgan fingerprint density at radius 3 is 2.59 bits per heavy atom. The molecule has 0 aliphatic heterocycles. The molecular weight excluding hydrogens is 424 g/mol. The van der Waals surface area contributed by atoms with Crippen molar-refractivity contribution in [1.29, 1.82) is 5.26 Å². The highest BCUT2D eigenvalue weighted by atomic mass is 16.3. The van der Waals surface area contributed by atoms with Gasteiger partial charge in [0.1, 0.15) is 0 Å². The molecule has 5 rings (SSSR count). The number of nitrogens with zero attached hydrogens (tertiary/aromatic N) is 6. The maximum atomic E-state index is 10.1. The Hall–Kier alpha value is -3.50. The summed E-state index contributed by atoms with van der Waals surface area (Å²) >= 11 is 0. The highest BCUT2D eigenvalue weighted by molar-refractivity contribution is 5.84. The van der Waals surface area contributed by atoms with Gasteiger partial charge in [-0.3, -0.25) is 9.67 Å². The molecule has 174 valence electrons. The van der Waals surface area contributed by atoms with Gasteiger partial charge in [-0.15, -0.1) is 0 Å². The van der Waals surface area contributed by atoms with Crippen LogP contribution in [0.25, 0.3) is 27.8 Å². The van der Waals surface area contributed by atoms with E-state index in [2.05, 4.69) is 41.4 Å². The molecule has 7 nitrogen and oxygen atoms in total. The van der Waals surface area contributed by atoms with Crippen LogP contribution in [0.5, 0.6) is 0 Å². The zero-order valence-electron chi connectivity index (χ0n) is 19.9. The van der Waals surface area contributed by atoms with Crippen molar-refractivity contribution in [3.63, 3.8) is 0 Å². The first-order valence-electron chi connectivity index (χ1n) is 11.9. The second-order valence-corrected chi connectivity index (χ2v) is 10.1. The molecule has 4 aromatic rings. The van der Waals surface area contributed by atoms with Gasteiger partial charge in [0.2, 0.25) is 0 Å². The molecule has 0 amide bonds. The maximum absolute atomic E-state index is 10.1. The molecule has 3 heterocycles. The van der Waals surface area contributed by atoms with Gasteiger partial charge in [0.15, 0.2) is 0 Å². The summed E-state index contributed by atoms with van der Waals surface area (Å²) in [5, 5.41) is 28.4. The van der Waals surface area contributed by atoms with E-state index in [0.717, 1.165) is 64.7 Å². The number of aromatic nitrogens is 5. The molecule has 3 aromatic heterocycles. The van der Waals surface area contributed by atoms with Gasteiger partial charge in [-0.2, -0.15) is 15.5 Å². The first-order valence-corrected chi connectivity index (χ1v) is 11.9. The van der Waals surface area contributed by atoms with Crippen LogP contribution in [-0.2, 0) is 6.54 Å². The number of rotatable bonds is 5.